The van der Waals surface area contributed by atoms with Gasteiger partial charge in [0.1, 0.15) is 0 Å². The van der Waals surface area contributed by atoms with E-state index in [0.717, 1.165) is 0 Å². The van der Waals surface area contributed by atoms with Crippen molar-refractivity contribution in [3.63, 3.8) is 0 Å². The maximum Gasteiger partial charge on any atom is 0.471 e. The molecule has 0 spiro atoms. The zero-order valence-corrected chi connectivity index (χ0v) is 13.3. The van der Waals surface area contributed by atoms with Crippen molar-refractivity contribution in [3.8, 4) is 11.4 Å². The summed E-state index contributed by atoms with van der Waals surface area (Å²) in [6.07, 6.45) is -3.18. The SMILES string of the molecule is Cn1ccc(NS(=O)(=O)c2ccc(-c3noc(C(F)(F)F)n3)cc2)n1. The van der Waals surface area contributed by atoms with E-state index in [1.165, 1.54) is 35.0 Å². The summed E-state index contributed by atoms with van der Waals surface area (Å²) in [6.45, 7) is 0. The Balaban J connectivity index is 1.83. The molecule has 25 heavy (non-hydrogen) atoms. The molecule has 0 aliphatic carbocycles. The Morgan fingerprint density at radius 2 is 1.84 bits per heavy atom. The van der Waals surface area contributed by atoms with Gasteiger partial charge in [-0.15, -0.1) is 0 Å². The van der Waals surface area contributed by atoms with Crippen LogP contribution in [0.1, 0.15) is 5.89 Å². The molecule has 0 aliphatic heterocycles. The lowest BCUT2D eigenvalue weighted by molar-refractivity contribution is -0.159. The summed E-state index contributed by atoms with van der Waals surface area (Å²) in [6, 6.07) is 6.45. The molecule has 0 fully saturated rings. The van der Waals surface area contributed by atoms with Crippen molar-refractivity contribution in [1.29, 1.82) is 0 Å². The van der Waals surface area contributed by atoms with Crippen LogP contribution in [0.4, 0.5) is 19.0 Å². The molecule has 12 heteroatoms. The van der Waals surface area contributed by atoms with Crippen LogP contribution in [0.25, 0.3) is 11.4 Å². The van der Waals surface area contributed by atoms with Crippen LogP contribution in [0.2, 0.25) is 0 Å². The molecule has 132 valence electrons. The first kappa shape index (κ1) is 17.0. The number of nitrogens with one attached hydrogen (secondary N) is 1. The Morgan fingerprint density at radius 1 is 1.16 bits per heavy atom. The summed E-state index contributed by atoms with van der Waals surface area (Å²) in [7, 11) is -2.26. The van der Waals surface area contributed by atoms with Crippen LogP contribution in [-0.2, 0) is 23.2 Å². The lowest BCUT2D eigenvalue weighted by atomic mass is 10.2. The van der Waals surface area contributed by atoms with Gasteiger partial charge in [0.2, 0.25) is 5.82 Å². The Kier molecular flexibility index (Phi) is 3.99. The molecule has 8 nitrogen and oxygen atoms in total. The minimum absolute atomic E-state index is 0.0959. The van der Waals surface area contributed by atoms with Gasteiger partial charge in [-0.3, -0.25) is 9.40 Å². The molecular weight excluding hydrogens is 363 g/mol. The maximum absolute atomic E-state index is 12.5. The molecule has 1 N–H and O–H groups in total. The highest BCUT2D eigenvalue weighted by atomic mass is 32.2. The molecule has 3 aromatic rings. The molecule has 0 amide bonds. The van der Waals surface area contributed by atoms with E-state index in [-0.39, 0.29) is 22.1 Å². The van der Waals surface area contributed by atoms with E-state index in [0.29, 0.717) is 0 Å². The largest absolute Gasteiger partial charge is 0.471 e. The number of hydrogen-bond donors (Lipinski definition) is 1. The Morgan fingerprint density at radius 3 is 2.36 bits per heavy atom. The zero-order chi connectivity index (χ0) is 18.2. The number of hydrogen-bond acceptors (Lipinski definition) is 6. The van der Waals surface area contributed by atoms with Crippen LogP contribution in [0.3, 0.4) is 0 Å². The molecule has 2 heterocycles. The molecule has 0 saturated carbocycles. The first-order valence-electron chi connectivity index (χ1n) is 6.69. The van der Waals surface area contributed by atoms with Crippen LogP contribution >= 0.6 is 0 Å². The Hall–Kier alpha value is -2.89. The summed E-state index contributed by atoms with van der Waals surface area (Å²) in [5, 5.41) is 7.13. The highest BCUT2D eigenvalue weighted by Crippen LogP contribution is 2.29. The topological polar surface area (TPSA) is 103 Å². The van der Waals surface area contributed by atoms with Crippen molar-refractivity contribution in [2.45, 2.75) is 11.1 Å². The normalized spacial score (nSPS) is 12.3. The number of halogens is 3. The van der Waals surface area contributed by atoms with Crippen molar-refractivity contribution in [2.75, 3.05) is 4.72 Å². The number of rotatable bonds is 4. The van der Waals surface area contributed by atoms with E-state index in [4.69, 9.17) is 0 Å². The average molecular weight is 373 g/mol. The van der Waals surface area contributed by atoms with E-state index >= 15 is 0 Å². The van der Waals surface area contributed by atoms with Gasteiger partial charge in [0, 0.05) is 24.9 Å². The number of aromatic nitrogens is 4. The third kappa shape index (κ3) is 3.63. The van der Waals surface area contributed by atoms with Crippen LogP contribution in [0.15, 0.2) is 45.9 Å². The second-order valence-electron chi connectivity index (χ2n) is 4.93. The van der Waals surface area contributed by atoms with Crippen molar-refractivity contribution >= 4 is 15.8 Å². The van der Waals surface area contributed by atoms with Crippen molar-refractivity contribution in [1.82, 2.24) is 19.9 Å². The van der Waals surface area contributed by atoms with E-state index in [1.54, 1.807) is 13.2 Å². The van der Waals surface area contributed by atoms with Gasteiger partial charge in [-0.2, -0.15) is 23.3 Å². The lowest BCUT2D eigenvalue weighted by Crippen LogP contribution is -2.13. The number of benzene rings is 1. The summed E-state index contributed by atoms with van der Waals surface area (Å²) in [5.41, 5.74) is 0.177. The van der Waals surface area contributed by atoms with Gasteiger partial charge < -0.3 is 4.52 Å². The highest BCUT2D eigenvalue weighted by molar-refractivity contribution is 7.92. The Bertz CT molecular complexity index is 993. The Labute approximate surface area is 139 Å². The fourth-order valence-electron chi connectivity index (χ4n) is 1.91. The number of alkyl halides is 3. The van der Waals surface area contributed by atoms with Gasteiger partial charge in [0.25, 0.3) is 10.0 Å². The first-order chi connectivity index (χ1) is 11.6. The predicted octanol–water partition coefficient (Wildman–Crippen LogP) is 2.29. The maximum atomic E-state index is 12.5. The third-order valence-corrected chi connectivity index (χ3v) is 4.41. The number of nitrogens with zero attached hydrogens (tertiary/aromatic N) is 4. The molecule has 0 radical (unpaired) electrons. The molecule has 0 aliphatic rings. The molecule has 3 rings (SSSR count). The monoisotopic (exact) mass is 373 g/mol. The highest BCUT2D eigenvalue weighted by Gasteiger charge is 2.38. The van der Waals surface area contributed by atoms with E-state index in [9.17, 15) is 21.6 Å². The number of aryl methyl sites for hydroxylation is 1. The molecule has 0 bridgehead atoms. The summed E-state index contributed by atoms with van der Waals surface area (Å²) in [5.74, 6) is -1.63. The molecule has 0 unspecified atom stereocenters. The summed E-state index contributed by atoms with van der Waals surface area (Å²) < 4.78 is 69.7. The zero-order valence-electron chi connectivity index (χ0n) is 12.5. The summed E-state index contributed by atoms with van der Waals surface area (Å²) in [4.78, 5) is 3.14. The van der Waals surface area contributed by atoms with Gasteiger partial charge in [0.15, 0.2) is 5.82 Å². The van der Waals surface area contributed by atoms with Gasteiger partial charge in [0.05, 0.1) is 4.90 Å². The van der Waals surface area contributed by atoms with Crippen LogP contribution in [0, 0.1) is 0 Å². The van der Waals surface area contributed by atoms with Crippen LogP contribution < -0.4 is 4.72 Å². The van der Waals surface area contributed by atoms with Gasteiger partial charge in [-0.25, -0.2) is 8.42 Å². The molecule has 2 aromatic heterocycles. The van der Waals surface area contributed by atoms with Crippen molar-refractivity contribution in [2.24, 2.45) is 7.05 Å². The second kappa shape index (κ2) is 5.88. The standard InChI is InChI=1S/C13H10F3N5O3S/c1-21-7-6-10(18-21)20-25(22,23)9-4-2-8(3-5-9)11-17-12(24-19-11)13(14,15)16/h2-7H,1H3,(H,18,20). The quantitative estimate of drug-likeness (QED) is 0.753. The molecular formula is C13H10F3N5O3S. The molecule has 0 atom stereocenters. The number of anilines is 1. The lowest BCUT2D eigenvalue weighted by Gasteiger charge is -2.05. The second-order valence-corrected chi connectivity index (χ2v) is 6.61. The van der Waals surface area contributed by atoms with E-state index in [2.05, 4.69) is 24.5 Å². The van der Waals surface area contributed by atoms with Crippen LogP contribution in [0.5, 0.6) is 0 Å². The molecule has 0 saturated heterocycles. The number of sulfonamides is 1. The smallest absolute Gasteiger partial charge is 0.329 e. The minimum atomic E-state index is -4.75. The van der Waals surface area contributed by atoms with Gasteiger partial charge >= 0.3 is 12.1 Å². The fraction of sp³-hybridized carbons (Fsp3) is 0.154. The van der Waals surface area contributed by atoms with Gasteiger partial charge in [-0.05, 0) is 24.3 Å². The van der Waals surface area contributed by atoms with E-state index < -0.39 is 22.1 Å². The predicted molar refractivity (Wildman–Crippen MR) is 78.8 cm³/mol. The minimum Gasteiger partial charge on any atom is -0.329 e. The van der Waals surface area contributed by atoms with Crippen LogP contribution in [-0.4, -0.2) is 28.3 Å². The molecule has 1 aromatic carbocycles. The average Bonchev–Trinajstić information content (AvgIpc) is 3.16. The van der Waals surface area contributed by atoms with Gasteiger partial charge in [-0.1, -0.05) is 5.16 Å². The van der Waals surface area contributed by atoms with Crippen molar-refractivity contribution < 1.29 is 26.1 Å². The first-order valence-corrected chi connectivity index (χ1v) is 8.17. The summed E-state index contributed by atoms with van der Waals surface area (Å²) >= 11 is 0. The van der Waals surface area contributed by atoms with Crippen molar-refractivity contribution in [3.05, 3.63) is 42.4 Å². The van der Waals surface area contributed by atoms with E-state index in [1.807, 2.05) is 0 Å². The third-order valence-electron chi connectivity index (χ3n) is 3.04. The fourth-order valence-corrected chi connectivity index (χ4v) is 2.90.